The molecule has 110 valence electrons. The molecule has 0 atom stereocenters. The van der Waals surface area contributed by atoms with Crippen molar-refractivity contribution in [3.63, 3.8) is 0 Å². The van der Waals surface area contributed by atoms with Gasteiger partial charge >= 0.3 is 0 Å². The molecule has 0 radical (unpaired) electrons. The Kier molecular flexibility index (Phi) is 6.02. The molecule has 6 heteroatoms. The van der Waals surface area contributed by atoms with Crippen LogP contribution in [0.4, 0.5) is 0 Å². The van der Waals surface area contributed by atoms with Crippen molar-refractivity contribution in [2.75, 3.05) is 52.5 Å². The first kappa shape index (κ1) is 15.0. The summed E-state index contributed by atoms with van der Waals surface area (Å²) in [5.41, 5.74) is 0. The number of ether oxygens (including phenoxy) is 1. The van der Waals surface area contributed by atoms with Crippen LogP contribution in [0.15, 0.2) is 16.5 Å². The molecular weight excluding hydrogens is 258 g/mol. The van der Waals surface area contributed by atoms with Crippen molar-refractivity contribution in [2.24, 2.45) is 0 Å². The lowest BCUT2D eigenvalue weighted by Gasteiger charge is -2.29. The van der Waals surface area contributed by atoms with Crippen molar-refractivity contribution in [3.8, 4) is 6.07 Å². The summed E-state index contributed by atoms with van der Waals surface area (Å²) in [7, 11) is 0. The number of nitrogens with zero attached hydrogens (tertiary/aromatic N) is 3. The van der Waals surface area contributed by atoms with E-state index in [1.54, 1.807) is 6.07 Å². The van der Waals surface area contributed by atoms with E-state index in [9.17, 15) is 0 Å². The Hall–Kier alpha value is -1.39. The Bertz CT molecular complexity index is 435. The number of aliphatic hydroxyl groups is 1. The van der Waals surface area contributed by atoms with Gasteiger partial charge in [-0.2, -0.15) is 5.26 Å². The van der Waals surface area contributed by atoms with E-state index in [-0.39, 0.29) is 6.61 Å². The maximum absolute atomic E-state index is 9.14. The average molecular weight is 279 g/mol. The van der Waals surface area contributed by atoms with E-state index in [0.717, 1.165) is 45.2 Å². The van der Waals surface area contributed by atoms with Gasteiger partial charge in [0, 0.05) is 32.7 Å². The third-order valence-corrected chi connectivity index (χ3v) is 3.40. The lowest BCUT2D eigenvalue weighted by Crippen LogP contribution is -2.41. The van der Waals surface area contributed by atoms with Gasteiger partial charge in [-0.3, -0.25) is 9.80 Å². The summed E-state index contributed by atoms with van der Waals surface area (Å²) in [6, 6.07) is 5.47. The Labute approximate surface area is 119 Å². The highest BCUT2D eigenvalue weighted by Gasteiger charge is 2.13. The molecule has 2 heterocycles. The van der Waals surface area contributed by atoms with Crippen molar-refractivity contribution in [1.29, 1.82) is 5.26 Å². The summed E-state index contributed by atoms with van der Waals surface area (Å²) in [5.74, 6) is 1.09. The van der Waals surface area contributed by atoms with Crippen molar-refractivity contribution < 1.29 is 14.3 Å². The van der Waals surface area contributed by atoms with Crippen molar-refractivity contribution >= 4 is 0 Å². The van der Waals surface area contributed by atoms with E-state index in [2.05, 4.69) is 9.80 Å². The number of morpholine rings is 1. The van der Waals surface area contributed by atoms with Gasteiger partial charge in [-0.05, 0) is 12.1 Å². The Balaban J connectivity index is 1.81. The highest BCUT2D eigenvalue weighted by Crippen LogP contribution is 2.10. The molecule has 20 heavy (non-hydrogen) atoms. The monoisotopic (exact) mass is 279 g/mol. The molecule has 2 rings (SSSR count). The molecule has 0 saturated carbocycles. The van der Waals surface area contributed by atoms with Gasteiger partial charge in [0.15, 0.2) is 0 Å². The average Bonchev–Trinajstić information content (AvgIpc) is 2.94. The van der Waals surface area contributed by atoms with Crippen LogP contribution in [-0.4, -0.2) is 67.5 Å². The first-order valence-corrected chi connectivity index (χ1v) is 6.94. The zero-order chi connectivity index (χ0) is 14.2. The van der Waals surface area contributed by atoms with E-state index in [4.69, 9.17) is 19.5 Å². The van der Waals surface area contributed by atoms with E-state index in [1.165, 1.54) is 0 Å². The van der Waals surface area contributed by atoms with E-state index in [0.29, 0.717) is 18.8 Å². The highest BCUT2D eigenvalue weighted by atomic mass is 16.5. The summed E-state index contributed by atoms with van der Waals surface area (Å²) in [5, 5.41) is 17.9. The van der Waals surface area contributed by atoms with Gasteiger partial charge in [0.25, 0.3) is 0 Å². The standard InChI is InChI=1S/C14H21N3O3/c15-11-13-1-2-14(20-13)12-17(5-8-18)4-3-16-6-9-19-10-7-16/h1-2,18H,3-10,12H2. The van der Waals surface area contributed by atoms with Crippen molar-refractivity contribution in [2.45, 2.75) is 6.54 Å². The zero-order valence-corrected chi connectivity index (χ0v) is 11.6. The molecule has 1 fully saturated rings. The molecule has 6 nitrogen and oxygen atoms in total. The number of nitriles is 1. The molecule has 0 aliphatic carbocycles. The minimum Gasteiger partial charge on any atom is -0.449 e. The molecule has 0 unspecified atom stereocenters. The van der Waals surface area contributed by atoms with Crippen LogP contribution in [0.5, 0.6) is 0 Å². The SMILES string of the molecule is N#Cc1ccc(CN(CCO)CCN2CCOCC2)o1. The molecule has 1 aromatic heterocycles. The minimum atomic E-state index is 0.120. The number of hydrogen-bond donors (Lipinski definition) is 1. The molecule has 1 N–H and O–H groups in total. The second kappa shape index (κ2) is 8.02. The second-order valence-electron chi connectivity index (χ2n) is 4.83. The smallest absolute Gasteiger partial charge is 0.203 e. The Morgan fingerprint density at radius 3 is 2.75 bits per heavy atom. The number of furan rings is 1. The molecule has 0 aromatic carbocycles. The Morgan fingerprint density at radius 1 is 1.30 bits per heavy atom. The highest BCUT2D eigenvalue weighted by molar-refractivity contribution is 5.18. The predicted molar refractivity (Wildman–Crippen MR) is 73.0 cm³/mol. The number of hydrogen-bond acceptors (Lipinski definition) is 6. The molecule has 1 aromatic rings. The van der Waals surface area contributed by atoms with E-state index < -0.39 is 0 Å². The van der Waals surface area contributed by atoms with Gasteiger partial charge in [-0.25, -0.2) is 0 Å². The lowest BCUT2D eigenvalue weighted by molar-refractivity contribution is 0.0316. The summed E-state index contributed by atoms with van der Waals surface area (Å²) >= 11 is 0. The fourth-order valence-electron chi connectivity index (χ4n) is 2.26. The molecule has 1 saturated heterocycles. The second-order valence-corrected chi connectivity index (χ2v) is 4.83. The van der Waals surface area contributed by atoms with Crippen LogP contribution < -0.4 is 0 Å². The van der Waals surface area contributed by atoms with Gasteiger partial charge in [0.1, 0.15) is 11.8 Å². The van der Waals surface area contributed by atoms with Gasteiger partial charge < -0.3 is 14.3 Å². The van der Waals surface area contributed by atoms with Gasteiger partial charge in [-0.15, -0.1) is 0 Å². The van der Waals surface area contributed by atoms with Crippen LogP contribution in [0.25, 0.3) is 0 Å². The topological polar surface area (TPSA) is 72.9 Å². The van der Waals surface area contributed by atoms with E-state index in [1.807, 2.05) is 12.1 Å². The fourth-order valence-corrected chi connectivity index (χ4v) is 2.26. The van der Waals surface area contributed by atoms with Crippen LogP contribution in [-0.2, 0) is 11.3 Å². The lowest BCUT2D eigenvalue weighted by atomic mass is 10.3. The van der Waals surface area contributed by atoms with Crippen molar-refractivity contribution in [1.82, 2.24) is 9.80 Å². The largest absolute Gasteiger partial charge is 0.449 e. The summed E-state index contributed by atoms with van der Waals surface area (Å²) < 4.78 is 10.7. The molecule has 0 bridgehead atoms. The number of rotatable bonds is 7. The molecule has 0 spiro atoms. The zero-order valence-electron chi connectivity index (χ0n) is 11.6. The minimum absolute atomic E-state index is 0.120. The third kappa shape index (κ3) is 4.62. The molecule has 1 aliphatic rings. The third-order valence-electron chi connectivity index (χ3n) is 3.40. The van der Waals surface area contributed by atoms with Crippen molar-refractivity contribution in [3.05, 3.63) is 23.7 Å². The normalized spacial score (nSPS) is 16.4. The maximum Gasteiger partial charge on any atom is 0.203 e. The summed E-state index contributed by atoms with van der Waals surface area (Å²) in [6.45, 7) is 6.68. The van der Waals surface area contributed by atoms with Crippen LogP contribution >= 0.6 is 0 Å². The first-order valence-electron chi connectivity index (χ1n) is 6.94. The fraction of sp³-hybridized carbons (Fsp3) is 0.643. The predicted octanol–water partition coefficient (Wildman–Crippen LogP) is 0.278. The quantitative estimate of drug-likeness (QED) is 0.773. The van der Waals surface area contributed by atoms with Gasteiger partial charge in [0.05, 0.1) is 26.4 Å². The first-order chi connectivity index (χ1) is 9.81. The molecular formula is C14H21N3O3. The molecule has 1 aliphatic heterocycles. The Morgan fingerprint density at radius 2 is 2.10 bits per heavy atom. The van der Waals surface area contributed by atoms with Crippen LogP contribution in [0.3, 0.4) is 0 Å². The van der Waals surface area contributed by atoms with Gasteiger partial charge in [-0.1, -0.05) is 0 Å². The van der Waals surface area contributed by atoms with Gasteiger partial charge in [0.2, 0.25) is 5.76 Å². The molecule has 0 amide bonds. The van der Waals surface area contributed by atoms with E-state index >= 15 is 0 Å². The van der Waals surface area contributed by atoms with Crippen LogP contribution in [0, 0.1) is 11.3 Å². The summed E-state index contributed by atoms with van der Waals surface area (Å²) in [4.78, 5) is 4.49. The number of aliphatic hydroxyl groups excluding tert-OH is 1. The van der Waals surface area contributed by atoms with Crippen LogP contribution in [0.2, 0.25) is 0 Å². The van der Waals surface area contributed by atoms with Crippen LogP contribution in [0.1, 0.15) is 11.5 Å². The summed E-state index contributed by atoms with van der Waals surface area (Å²) in [6.07, 6.45) is 0. The maximum atomic E-state index is 9.14.